The zero-order valence-corrected chi connectivity index (χ0v) is 29.8. The third kappa shape index (κ3) is 9.09. The van der Waals surface area contributed by atoms with Crippen molar-refractivity contribution in [1.29, 1.82) is 0 Å². The fourth-order valence-electron chi connectivity index (χ4n) is 6.13. The van der Waals surface area contributed by atoms with Crippen LogP contribution in [0.5, 0.6) is 0 Å². The Morgan fingerprint density at radius 3 is 1.80 bits per heavy atom. The monoisotopic (exact) mass is 723 g/mol. The highest BCUT2D eigenvalue weighted by atomic mass is 16.6. The van der Waals surface area contributed by atoms with Gasteiger partial charge in [0, 0.05) is 107 Å². The molecule has 0 aromatic carbocycles. The Morgan fingerprint density at radius 1 is 0.685 bits per heavy atom. The summed E-state index contributed by atoms with van der Waals surface area (Å²) in [6.45, 7) is 5.79. The fourth-order valence-corrected chi connectivity index (χ4v) is 6.13. The lowest BCUT2D eigenvalue weighted by atomic mass is 10.00. The van der Waals surface area contributed by atoms with Gasteiger partial charge in [0.05, 0.1) is 0 Å². The lowest BCUT2D eigenvalue weighted by Gasteiger charge is -2.09. The van der Waals surface area contributed by atoms with Crippen molar-refractivity contribution < 1.29 is 39.4 Å². The van der Waals surface area contributed by atoms with Crippen LogP contribution in [0.2, 0.25) is 0 Å². The Bertz CT molecular complexity index is 2450. The molecule has 0 saturated heterocycles. The molecular formula is C42H43N8O4+5. The van der Waals surface area contributed by atoms with Crippen LogP contribution in [0.3, 0.4) is 0 Å². The van der Waals surface area contributed by atoms with Crippen LogP contribution in [0.25, 0.3) is 21.6 Å². The van der Waals surface area contributed by atoms with Gasteiger partial charge in [-0.3, -0.25) is 20.5 Å². The number of aromatic amines is 2. The Balaban J connectivity index is 1.40. The zero-order valence-electron chi connectivity index (χ0n) is 29.8. The van der Waals surface area contributed by atoms with E-state index in [1.807, 2.05) is 85.2 Å². The van der Waals surface area contributed by atoms with E-state index in [1.165, 1.54) is 0 Å². The standard InChI is InChI=1S/C42H41N8O4/c1-44-21-4-3-6-36(33-19-28-50(54-2)29-20-33)39-11-12-40(46-39)37(32-15-24-48(52)25-16-32)7-5-8-38(43)42(34-17-26-49(53)27-18-34)41-10-9-35(45-41)30-31-13-22-47(51)23-14-31/h1,3-5,8-20,22-29,43,45,53H,6-7,21,30H2,2H3,(H2,46,51,52)/q+3/p+2/b4-3-,8-5-. The molecule has 0 unspecified atom stereocenters. The Hall–Kier alpha value is -7.39. The van der Waals surface area contributed by atoms with Gasteiger partial charge < -0.3 is 15.7 Å². The van der Waals surface area contributed by atoms with Crippen molar-refractivity contribution in [1.82, 2.24) is 9.97 Å². The summed E-state index contributed by atoms with van der Waals surface area (Å²) in [6, 6.07) is 23.2. The van der Waals surface area contributed by atoms with E-state index in [1.54, 1.807) is 61.2 Å². The van der Waals surface area contributed by atoms with Crippen molar-refractivity contribution in [3.8, 4) is 6.57 Å². The van der Waals surface area contributed by atoms with Crippen molar-refractivity contribution in [2.75, 3.05) is 13.7 Å². The number of pyridine rings is 4. The summed E-state index contributed by atoms with van der Waals surface area (Å²) in [5.74, 6) is 0. The molecule has 0 aliphatic heterocycles. The van der Waals surface area contributed by atoms with Crippen LogP contribution in [-0.2, 0) is 6.42 Å². The number of nitrogens with one attached hydrogen (secondary N) is 2. The zero-order chi connectivity index (χ0) is 37.9. The first-order valence-corrected chi connectivity index (χ1v) is 17.3. The molecule has 0 aliphatic rings. The van der Waals surface area contributed by atoms with Crippen LogP contribution in [0.15, 0.2) is 152 Å². The molecule has 0 atom stereocenters. The summed E-state index contributed by atoms with van der Waals surface area (Å²) >= 11 is 0. The van der Waals surface area contributed by atoms with E-state index >= 15 is 0 Å². The summed E-state index contributed by atoms with van der Waals surface area (Å²) in [5, 5.41) is 31.4. The number of hydrogen-bond acceptors (Lipinski definition) is 5. The maximum Gasteiger partial charge on any atom is 0.281 e. The summed E-state index contributed by atoms with van der Waals surface area (Å²) in [7, 11) is 1.61. The third-order valence-corrected chi connectivity index (χ3v) is 8.86. The van der Waals surface area contributed by atoms with Gasteiger partial charge in [-0.2, -0.15) is 0 Å². The molecule has 0 amide bonds. The minimum Gasteiger partial charge on any atom is -0.398 e. The molecular weight excluding hydrogens is 681 g/mol. The van der Waals surface area contributed by atoms with Crippen LogP contribution < -0.4 is 40.2 Å². The first-order valence-electron chi connectivity index (χ1n) is 17.3. The molecule has 6 aromatic rings. The summed E-state index contributed by atoms with van der Waals surface area (Å²) in [5.41, 5.74) is 15.8. The van der Waals surface area contributed by atoms with Crippen molar-refractivity contribution in [3.05, 3.63) is 202 Å². The highest BCUT2D eigenvalue weighted by Crippen LogP contribution is 2.26. The van der Waals surface area contributed by atoms with Gasteiger partial charge in [0.2, 0.25) is 49.6 Å². The number of nitrogens with two attached hydrogens (primary N) is 1. The lowest BCUT2D eigenvalue weighted by molar-refractivity contribution is -0.904. The van der Waals surface area contributed by atoms with E-state index in [0.717, 1.165) is 75.3 Å². The van der Waals surface area contributed by atoms with Crippen molar-refractivity contribution in [2.45, 2.75) is 19.3 Å². The van der Waals surface area contributed by atoms with Crippen LogP contribution in [0.1, 0.15) is 46.5 Å². The fraction of sp³-hybridized carbons (Fsp3) is 0.119. The molecule has 6 rings (SSSR count). The first kappa shape index (κ1) is 36.4. The SMILES string of the molecule is C#[N+]C/C=C\C/C(c1cc[n+](OC)cc1)=c1/cc/c(=C(/C/C=C\C(N)=C(/c2cc[n+](O)cc2)c2ccc(Cc3cc[n+](O)cc3)[nH]2)c2cc[n+](O)cc2)[nH]1. The molecule has 0 radical (unpaired) electrons. The Morgan fingerprint density at radius 2 is 1.22 bits per heavy atom. The second-order valence-electron chi connectivity index (χ2n) is 12.4. The van der Waals surface area contributed by atoms with Crippen LogP contribution >= 0.6 is 0 Å². The van der Waals surface area contributed by atoms with Gasteiger partial charge in [0.15, 0.2) is 0 Å². The van der Waals surface area contributed by atoms with E-state index in [-0.39, 0.29) is 0 Å². The molecule has 6 aromatic heterocycles. The van der Waals surface area contributed by atoms with Gasteiger partial charge >= 0.3 is 0 Å². The predicted molar refractivity (Wildman–Crippen MR) is 200 cm³/mol. The van der Waals surface area contributed by atoms with E-state index in [0.29, 0.717) is 31.5 Å². The second-order valence-corrected chi connectivity index (χ2v) is 12.4. The highest BCUT2D eigenvalue weighted by molar-refractivity contribution is 5.81. The van der Waals surface area contributed by atoms with Crippen LogP contribution in [-0.4, -0.2) is 39.2 Å². The van der Waals surface area contributed by atoms with E-state index in [4.69, 9.17) is 17.1 Å². The number of hydrogen-bond donors (Lipinski definition) is 6. The summed E-state index contributed by atoms with van der Waals surface area (Å²) in [4.78, 5) is 16.2. The predicted octanol–water partition coefficient (Wildman–Crippen LogP) is 2.53. The van der Waals surface area contributed by atoms with Gasteiger partial charge in [-0.1, -0.05) is 17.0 Å². The number of H-pyrrole nitrogens is 2. The third-order valence-electron chi connectivity index (χ3n) is 8.86. The van der Waals surface area contributed by atoms with E-state index in [9.17, 15) is 15.6 Å². The first-order chi connectivity index (χ1) is 26.3. The minimum absolute atomic E-state index is 0.431. The highest BCUT2D eigenvalue weighted by Gasteiger charge is 2.15. The molecule has 7 N–H and O–H groups in total. The molecule has 54 heavy (non-hydrogen) atoms. The van der Waals surface area contributed by atoms with Crippen molar-refractivity contribution in [3.63, 3.8) is 0 Å². The molecule has 0 saturated carbocycles. The number of rotatable bonds is 13. The van der Waals surface area contributed by atoms with Gasteiger partial charge in [0.25, 0.3) is 13.1 Å². The number of nitrogens with zero attached hydrogens (tertiary/aromatic N) is 5. The van der Waals surface area contributed by atoms with E-state index < -0.39 is 0 Å². The average molecular weight is 724 g/mol. The van der Waals surface area contributed by atoms with Gasteiger partial charge in [-0.05, 0) is 82.7 Å². The molecule has 12 nitrogen and oxygen atoms in total. The number of allylic oxidation sites excluding steroid dienone is 3. The average Bonchev–Trinajstić information content (AvgIpc) is 3.86. The summed E-state index contributed by atoms with van der Waals surface area (Å²) < 4.78 is 4.64. The van der Waals surface area contributed by atoms with Crippen molar-refractivity contribution >= 4 is 16.7 Å². The topological polar surface area (TPSA) is 147 Å². The lowest BCUT2D eigenvalue weighted by Crippen LogP contribution is -2.39. The molecule has 0 bridgehead atoms. The molecule has 6 heterocycles. The largest absolute Gasteiger partial charge is 0.398 e. The molecule has 270 valence electrons. The Kier molecular flexibility index (Phi) is 11.6. The number of aromatic nitrogens is 6. The maximum atomic E-state index is 10.0. The molecule has 12 heteroatoms. The summed E-state index contributed by atoms with van der Waals surface area (Å²) in [6.07, 6.45) is 22.9. The van der Waals surface area contributed by atoms with Crippen LogP contribution in [0, 0.1) is 6.57 Å². The van der Waals surface area contributed by atoms with E-state index in [2.05, 4.69) is 26.9 Å². The molecule has 0 spiro atoms. The molecule has 0 aliphatic carbocycles. The minimum atomic E-state index is 0.431. The van der Waals surface area contributed by atoms with Crippen molar-refractivity contribution in [2.24, 2.45) is 5.73 Å². The van der Waals surface area contributed by atoms with Crippen LogP contribution in [0.4, 0.5) is 0 Å². The molecule has 0 fully saturated rings. The Labute approximate surface area is 312 Å². The normalized spacial score (nSPS) is 13.1. The van der Waals surface area contributed by atoms with Gasteiger partial charge in [-0.15, -0.1) is 0 Å². The van der Waals surface area contributed by atoms with Gasteiger partial charge in [-0.25, -0.2) is 0 Å². The smallest absolute Gasteiger partial charge is 0.281 e. The second kappa shape index (κ2) is 17.2. The maximum absolute atomic E-state index is 10.0. The van der Waals surface area contributed by atoms with Gasteiger partial charge in [0.1, 0.15) is 7.11 Å². The quantitative estimate of drug-likeness (QED) is 0.0470.